The molecule has 0 atom stereocenters. The van der Waals surface area contributed by atoms with Crippen LogP contribution in [0.3, 0.4) is 0 Å². The first-order chi connectivity index (χ1) is 9.29. The van der Waals surface area contributed by atoms with Crippen LogP contribution in [-0.4, -0.2) is 9.97 Å². The largest absolute Gasteiger partial charge is 0.416 e. The van der Waals surface area contributed by atoms with Crippen LogP contribution in [0.15, 0.2) is 33.8 Å². The van der Waals surface area contributed by atoms with Gasteiger partial charge < -0.3 is 10.3 Å². The van der Waals surface area contributed by atoms with Crippen molar-refractivity contribution in [1.82, 2.24) is 9.97 Å². The third-order valence-corrected chi connectivity index (χ3v) is 4.04. The zero-order valence-corrected chi connectivity index (χ0v) is 13.3. The van der Waals surface area contributed by atoms with Crippen LogP contribution >= 0.6 is 38.5 Å². The van der Waals surface area contributed by atoms with E-state index in [0.29, 0.717) is 4.47 Å². The molecule has 0 aliphatic carbocycles. The summed E-state index contributed by atoms with van der Waals surface area (Å²) in [4.78, 5) is 17.7. The molecule has 2 rings (SSSR count). The van der Waals surface area contributed by atoms with E-state index in [1.807, 2.05) is 0 Å². The van der Waals surface area contributed by atoms with E-state index in [2.05, 4.69) is 31.2 Å². The Labute approximate surface area is 133 Å². The molecule has 0 radical (unpaired) electrons. The Morgan fingerprint density at radius 1 is 1.35 bits per heavy atom. The van der Waals surface area contributed by atoms with Crippen molar-refractivity contribution in [3.8, 4) is 0 Å². The zero-order chi connectivity index (χ0) is 14.9. The summed E-state index contributed by atoms with van der Waals surface area (Å²) in [6.07, 6.45) is -3.26. The molecule has 0 saturated carbocycles. The second kappa shape index (κ2) is 5.72. The van der Waals surface area contributed by atoms with Crippen molar-refractivity contribution in [2.75, 3.05) is 5.32 Å². The van der Waals surface area contributed by atoms with Crippen molar-refractivity contribution in [1.29, 1.82) is 0 Å². The van der Waals surface area contributed by atoms with Crippen molar-refractivity contribution in [2.24, 2.45) is 0 Å². The average molecular weight is 460 g/mol. The van der Waals surface area contributed by atoms with Crippen molar-refractivity contribution in [2.45, 2.75) is 6.18 Å². The Bertz CT molecular complexity index is 702. The van der Waals surface area contributed by atoms with Crippen LogP contribution < -0.4 is 10.9 Å². The maximum absolute atomic E-state index is 12.7. The van der Waals surface area contributed by atoms with Crippen molar-refractivity contribution >= 4 is 50.0 Å². The van der Waals surface area contributed by atoms with Gasteiger partial charge >= 0.3 is 6.18 Å². The lowest BCUT2D eigenvalue weighted by molar-refractivity contribution is -0.137. The van der Waals surface area contributed by atoms with E-state index in [1.54, 1.807) is 22.6 Å². The molecule has 9 heteroatoms. The lowest BCUT2D eigenvalue weighted by atomic mass is 10.2. The van der Waals surface area contributed by atoms with E-state index in [0.717, 1.165) is 12.1 Å². The Hall–Kier alpha value is -1.10. The third-order valence-electron chi connectivity index (χ3n) is 2.34. The molecule has 0 aliphatic heterocycles. The molecule has 0 aliphatic rings. The lowest BCUT2D eigenvalue weighted by Gasteiger charge is -2.12. The highest BCUT2D eigenvalue weighted by Gasteiger charge is 2.31. The van der Waals surface area contributed by atoms with Gasteiger partial charge in [0.25, 0.3) is 5.56 Å². The molecular weight excluding hydrogens is 454 g/mol. The normalized spacial score (nSPS) is 11.4. The molecule has 4 nitrogen and oxygen atoms in total. The summed E-state index contributed by atoms with van der Waals surface area (Å²) < 4.78 is 38.7. The molecule has 1 aromatic heterocycles. The van der Waals surface area contributed by atoms with Crippen LogP contribution in [0.4, 0.5) is 24.7 Å². The number of aromatic nitrogens is 2. The van der Waals surface area contributed by atoms with Gasteiger partial charge in [0, 0.05) is 4.47 Å². The minimum Gasteiger partial charge on any atom is -0.338 e. The molecule has 0 fully saturated rings. The number of aromatic amines is 1. The van der Waals surface area contributed by atoms with E-state index in [4.69, 9.17) is 0 Å². The average Bonchev–Trinajstić information content (AvgIpc) is 2.36. The molecule has 0 spiro atoms. The number of H-pyrrole nitrogens is 1. The summed E-state index contributed by atoms with van der Waals surface area (Å²) in [5.74, 6) is 0.189. The van der Waals surface area contributed by atoms with Crippen LogP contribution in [0.5, 0.6) is 0 Å². The molecule has 2 N–H and O–H groups in total. The molecule has 0 unspecified atom stereocenters. The first-order valence-corrected chi connectivity index (χ1v) is 7.03. The van der Waals surface area contributed by atoms with Crippen molar-refractivity contribution < 1.29 is 13.2 Å². The van der Waals surface area contributed by atoms with Gasteiger partial charge in [0.15, 0.2) is 5.82 Å². The van der Waals surface area contributed by atoms with Crippen LogP contribution in [0.1, 0.15) is 5.56 Å². The maximum Gasteiger partial charge on any atom is 0.416 e. The quantitative estimate of drug-likeness (QED) is 0.670. The first-order valence-electron chi connectivity index (χ1n) is 5.16. The maximum atomic E-state index is 12.7. The number of hydrogen-bond donors (Lipinski definition) is 2. The van der Waals surface area contributed by atoms with Crippen molar-refractivity contribution in [3.63, 3.8) is 0 Å². The molecule has 106 valence electrons. The standard InChI is InChI=1S/C11H6BrF3IN3O/c12-6-2-1-5(11(13,14)15)3-7(6)19-9-8(16)10(20)18-4-17-9/h1-4H,(H2,17,18,19,20). The van der Waals surface area contributed by atoms with Crippen LogP contribution in [0, 0.1) is 3.57 Å². The Kier molecular flexibility index (Phi) is 4.37. The van der Waals surface area contributed by atoms with Gasteiger partial charge in [-0.15, -0.1) is 0 Å². The lowest BCUT2D eigenvalue weighted by Crippen LogP contribution is -2.13. The molecule has 2 aromatic rings. The summed E-state index contributed by atoms with van der Waals surface area (Å²) in [6.45, 7) is 0. The number of nitrogens with zero attached hydrogens (tertiary/aromatic N) is 1. The van der Waals surface area contributed by atoms with Gasteiger partial charge in [-0.25, -0.2) is 4.98 Å². The second-order valence-corrected chi connectivity index (χ2v) is 5.64. The fourth-order valence-electron chi connectivity index (χ4n) is 1.40. The zero-order valence-electron chi connectivity index (χ0n) is 9.55. The van der Waals surface area contributed by atoms with Gasteiger partial charge in [-0.3, -0.25) is 4.79 Å². The topological polar surface area (TPSA) is 57.8 Å². The molecule has 0 saturated heterocycles. The summed E-state index contributed by atoms with van der Waals surface area (Å²) in [5.41, 5.74) is -0.981. The molecule has 0 bridgehead atoms. The summed E-state index contributed by atoms with van der Waals surface area (Å²) in [5, 5.41) is 2.71. The highest BCUT2D eigenvalue weighted by molar-refractivity contribution is 14.1. The van der Waals surface area contributed by atoms with Gasteiger partial charge in [0.05, 0.1) is 17.6 Å². The number of anilines is 2. The molecule has 20 heavy (non-hydrogen) atoms. The summed E-state index contributed by atoms with van der Waals surface area (Å²) in [7, 11) is 0. The number of benzene rings is 1. The number of hydrogen-bond acceptors (Lipinski definition) is 3. The van der Waals surface area contributed by atoms with E-state index >= 15 is 0 Å². The van der Waals surface area contributed by atoms with Gasteiger partial charge in [0.1, 0.15) is 3.57 Å². The van der Waals surface area contributed by atoms with Gasteiger partial charge in [-0.2, -0.15) is 13.2 Å². The van der Waals surface area contributed by atoms with Crippen LogP contribution in [0.2, 0.25) is 0 Å². The van der Waals surface area contributed by atoms with Crippen molar-refractivity contribution in [3.05, 3.63) is 48.5 Å². The van der Waals surface area contributed by atoms with E-state index in [1.165, 1.54) is 12.4 Å². The third kappa shape index (κ3) is 3.32. The van der Waals surface area contributed by atoms with Crippen LogP contribution in [0.25, 0.3) is 0 Å². The Morgan fingerprint density at radius 2 is 2.05 bits per heavy atom. The second-order valence-electron chi connectivity index (χ2n) is 3.71. The predicted octanol–water partition coefficient (Wildman–Crippen LogP) is 3.90. The fraction of sp³-hybridized carbons (Fsp3) is 0.0909. The van der Waals surface area contributed by atoms with Gasteiger partial charge in [-0.1, -0.05) is 0 Å². The fourth-order valence-corrected chi connectivity index (χ4v) is 2.17. The smallest absolute Gasteiger partial charge is 0.338 e. The number of alkyl halides is 3. The highest BCUT2D eigenvalue weighted by Crippen LogP contribution is 2.35. The number of nitrogens with one attached hydrogen (secondary N) is 2. The van der Waals surface area contributed by atoms with Gasteiger partial charge in [-0.05, 0) is 56.7 Å². The van der Waals surface area contributed by atoms with Gasteiger partial charge in [0.2, 0.25) is 0 Å². The summed E-state index contributed by atoms with van der Waals surface area (Å²) in [6, 6.07) is 3.19. The molecule has 0 amide bonds. The van der Waals surface area contributed by atoms with E-state index in [-0.39, 0.29) is 20.6 Å². The molecular formula is C11H6BrF3IN3O. The molecule has 1 heterocycles. The van der Waals surface area contributed by atoms with E-state index in [9.17, 15) is 18.0 Å². The minimum absolute atomic E-state index is 0.177. The SMILES string of the molecule is O=c1[nH]cnc(Nc2cc(C(F)(F)F)ccc2Br)c1I. The predicted molar refractivity (Wildman–Crippen MR) is 80.0 cm³/mol. The molecule has 1 aromatic carbocycles. The highest BCUT2D eigenvalue weighted by atomic mass is 127. The number of rotatable bonds is 2. The van der Waals surface area contributed by atoms with E-state index < -0.39 is 11.7 Å². The summed E-state index contributed by atoms with van der Waals surface area (Å²) >= 11 is 4.91. The first kappa shape index (κ1) is 15.3. The number of halogens is 5. The van der Waals surface area contributed by atoms with Crippen LogP contribution in [-0.2, 0) is 6.18 Å². The Morgan fingerprint density at radius 3 is 2.70 bits per heavy atom. The Balaban J connectivity index is 2.43. The monoisotopic (exact) mass is 459 g/mol. The minimum atomic E-state index is -4.44.